The van der Waals surface area contributed by atoms with Crippen molar-refractivity contribution in [2.45, 2.75) is 109 Å². The fourth-order valence-electron chi connectivity index (χ4n) is 5.12. The summed E-state index contributed by atoms with van der Waals surface area (Å²) in [6.45, 7) is 18.9. The molecule has 2 saturated heterocycles. The van der Waals surface area contributed by atoms with Crippen LogP contribution in [0, 0.1) is 0 Å². The zero-order valence-corrected chi connectivity index (χ0v) is 26.0. The van der Waals surface area contributed by atoms with Gasteiger partial charge in [-0.15, -0.1) is 0 Å². The van der Waals surface area contributed by atoms with Gasteiger partial charge < -0.3 is 29.1 Å². The van der Waals surface area contributed by atoms with Crippen molar-refractivity contribution < 1.29 is 23.7 Å². The third kappa shape index (κ3) is 5.55. The van der Waals surface area contributed by atoms with Crippen molar-refractivity contribution >= 4 is 25.3 Å². The second kappa shape index (κ2) is 10.1. The van der Waals surface area contributed by atoms with E-state index in [1.807, 2.05) is 48.7 Å². The summed E-state index contributed by atoms with van der Waals surface area (Å²) in [5, 5.41) is 14.5. The summed E-state index contributed by atoms with van der Waals surface area (Å²) < 4.78 is 27.7. The topological polar surface area (TPSA) is 113 Å². The van der Waals surface area contributed by atoms with Crippen molar-refractivity contribution in [3.8, 4) is 0 Å². The van der Waals surface area contributed by atoms with E-state index < -0.39 is 32.0 Å². The minimum atomic E-state index is -2.00. The first-order chi connectivity index (χ1) is 18.6. The van der Waals surface area contributed by atoms with Crippen LogP contribution >= 0.6 is 0 Å². The Kier molecular flexibility index (Phi) is 7.38. The molecule has 5 rings (SSSR count). The predicted molar refractivity (Wildman–Crippen MR) is 155 cm³/mol. The molecule has 0 spiro atoms. The highest BCUT2D eigenvalue weighted by Crippen LogP contribution is 2.45. The number of nitrogens with one attached hydrogen (secondary N) is 1. The number of hydrogen-bond donors (Lipinski definition) is 2. The van der Waals surface area contributed by atoms with Gasteiger partial charge in [-0.05, 0) is 51.4 Å². The molecule has 4 heterocycles. The molecule has 2 aromatic heterocycles. The van der Waals surface area contributed by atoms with Gasteiger partial charge in [0, 0.05) is 0 Å². The van der Waals surface area contributed by atoms with Gasteiger partial charge in [-0.1, -0.05) is 51.1 Å². The molecule has 2 fully saturated rings. The van der Waals surface area contributed by atoms with Crippen molar-refractivity contribution in [2.24, 2.45) is 0 Å². The van der Waals surface area contributed by atoms with Gasteiger partial charge in [0.25, 0.3) is 0 Å². The van der Waals surface area contributed by atoms with Gasteiger partial charge in [0.15, 0.2) is 37.3 Å². The molecule has 2 N–H and O–H groups in total. The molecule has 0 radical (unpaired) electrons. The highest BCUT2D eigenvalue weighted by molar-refractivity contribution is 6.74. The summed E-state index contributed by atoms with van der Waals surface area (Å²) in [4.78, 5) is 13.7. The summed E-state index contributed by atoms with van der Waals surface area (Å²) in [5.74, 6) is -0.226. The third-order valence-corrected chi connectivity index (χ3v) is 12.8. The summed E-state index contributed by atoms with van der Waals surface area (Å²) in [7, 11) is -2.00. The molecule has 1 aromatic carbocycles. The molecule has 0 saturated carbocycles. The van der Waals surface area contributed by atoms with E-state index in [0.29, 0.717) is 23.6 Å². The van der Waals surface area contributed by atoms with E-state index in [2.05, 4.69) is 54.1 Å². The normalized spacial score (nSPS) is 25.8. The first-order valence-electron chi connectivity index (χ1n) is 13.9. The number of nitrogens with zero attached hydrogens (tertiary/aromatic N) is 4. The first-order valence-corrected chi connectivity index (χ1v) is 16.8. The number of aliphatic hydroxyl groups is 1. The van der Waals surface area contributed by atoms with E-state index in [1.54, 1.807) is 20.2 Å². The van der Waals surface area contributed by atoms with Gasteiger partial charge in [-0.2, -0.15) is 0 Å². The van der Waals surface area contributed by atoms with E-state index in [1.165, 1.54) is 6.33 Å². The molecule has 2 aliphatic rings. The van der Waals surface area contributed by atoms with Gasteiger partial charge in [0.1, 0.15) is 24.6 Å². The number of fused-ring (bicyclic) bond motifs is 2. The Morgan fingerprint density at radius 1 is 1.05 bits per heavy atom. The third-order valence-electron chi connectivity index (χ3n) is 8.29. The Morgan fingerprint density at radius 2 is 1.73 bits per heavy atom. The molecule has 11 heteroatoms. The number of imidazole rings is 1. The lowest BCUT2D eigenvalue weighted by molar-refractivity contribution is -0.199. The molecule has 2 aliphatic heterocycles. The zero-order chi connectivity index (χ0) is 29.1. The van der Waals surface area contributed by atoms with Crippen molar-refractivity contribution in [3.63, 3.8) is 0 Å². The molecule has 218 valence electrons. The van der Waals surface area contributed by atoms with Crippen LogP contribution in [-0.2, 0) is 18.6 Å². The summed E-state index contributed by atoms with van der Waals surface area (Å²) in [6.07, 6.45) is 1.74. The summed E-state index contributed by atoms with van der Waals surface area (Å²) in [6, 6.07) is 9.38. The molecular formula is C29H43N5O5Si. The maximum Gasteiger partial charge on any atom is 0.192 e. The summed E-state index contributed by atoms with van der Waals surface area (Å²) >= 11 is 0. The Bertz CT molecular complexity index is 1330. The lowest BCUT2D eigenvalue weighted by atomic mass is 9.92. The Balaban J connectivity index is 1.45. The van der Waals surface area contributed by atoms with Gasteiger partial charge in [0.2, 0.25) is 0 Å². The Morgan fingerprint density at radius 3 is 2.38 bits per heavy atom. The maximum absolute atomic E-state index is 11.0. The van der Waals surface area contributed by atoms with Crippen molar-refractivity contribution in [1.82, 2.24) is 19.5 Å². The number of benzene rings is 1. The van der Waals surface area contributed by atoms with E-state index in [-0.39, 0.29) is 23.4 Å². The van der Waals surface area contributed by atoms with Gasteiger partial charge in [0.05, 0.1) is 24.6 Å². The van der Waals surface area contributed by atoms with Crippen LogP contribution in [0.5, 0.6) is 0 Å². The predicted octanol–water partition coefficient (Wildman–Crippen LogP) is 5.19. The van der Waals surface area contributed by atoms with E-state index in [0.717, 1.165) is 5.56 Å². The van der Waals surface area contributed by atoms with E-state index in [4.69, 9.17) is 18.6 Å². The molecular weight excluding hydrogens is 526 g/mol. The molecule has 40 heavy (non-hydrogen) atoms. The quantitative estimate of drug-likeness (QED) is 0.354. The molecule has 10 nitrogen and oxygen atoms in total. The maximum atomic E-state index is 11.0. The van der Waals surface area contributed by atoms with Gasteiger partial charge in [-0.25, -0.2) is 15.0 Å². The number of aromatic nitrogens is 4. The first kappa shape index (κ1) is 29.1. The second-order valence-corrected chi connectivity index (χ2v) is 18.2. The smallest absolute Gasteiger partial charge is 0.192 e. The monoisotopic (exact) mass is 569 g/mol. The van der Waals surface area contributed by atoms with Crippen LogP contribution in [0.15, 0.2) is 43.0 Å². The van der Waals surface area contributed by atoms with Gasteiger partial charge in [-0.3, -0.25) is 4.57 Å². The number of rotatable bonds is 8. The highest BCUT2D eigenvalue weighted by atomic mass is 28.4. The molecule has 0 unspecified atom stereocenters. The SMILES string of the molecule is CC1(C)O[C@@H]2[C@H](O1)[C@@H](CO[Si](C)(C)C(C)(C)C)O[C@H]2n1cnc2c(N[C@H](c3ccccc3)C(C)(C)O)ncnc21. The summed E-state index contributed by atoms with van der Waals surface area (Å²) in [5.41, 5.74) is 1.04. The average Bonchev–Trinajstić information content (AvgIpc) is 3.51. The molecule has 5 atom stereocenters. The van der Waals surface area contributed by atoms with Crippen LogP contribution in [0.3, 0.4) is 0 Å². The fraction of sp³-hybridized carbons (Fsp3) is 0.621. The van der Waals surface area contributed by atoms with Crippen LogP contribution in [-0.4, -0.2) is 69.2 Å². The lowest BCUT2D eigenvalue weighted by Crippen LogP contribution is -2.44. The van der Waals surface area contributed by atoms with Crippen LogP contribution in [0.2, 0.25) is 18.1 Å². The van der Waals surface area contributed by atoms with Gasteiger partial charge >= 0.3 is 0 Å². The molecule has 0 aliphatic carbocycles. The Labute approximate surface area is 237 Å². The fourth-order valence-corrected chi connectivity index (χ4v) is 6.13. The van der Waals surface area contributed by atoms with Crippen molar-refractivity contribution in [2.75, 3.05) is 11.9 Å². The second-order valence-electron chi connectivity index (χ2n) is 13.4. The number of ether oxygens (including phenoxy) is 3. The molecule has 0 bridgehead atoms. The van der Waals surface area contributed by atoms with Crippen LogP contribution in [0.4, 0.5) is 5.82 Å². The number of anilines is 1. The average molecular weight is 570 g/mol. The van der Waals surface area contributed by atoms with Crippen molar-refractivity contribution in [3.05, 3.63) is 48.5 Å². The largest absolute Gasteiger partial charge is 0.414 e. The minimum Gasteiger partial charge on any atom is -0.414 e. The van der Waals surface area contributed by atoms with Crippen LogP contribution in [0.1, 0.15) is 66.3 Å². The Hall–Kier alpha value is -2.41. The highest BCUT2D eigenvalue weighted by Gasteiger charge is 2.56. The van der Waals surface area contributed by atoms with E-state index in [9.17, 15) is 5.11 Å². The zero-order valence-electron chi connectivity index (χ0n) is 25.0. The van der Waals surface area contributed by atoms with E-state index >= 15 is 0 Å². The van der Waals surface area contributed by atoms with Crippen molar-refractivity contribution in [1.29, 1.82) is 0 Å². The van der Waals surface area contributed by atoms with Crippen LogP contribution < -0.4 is 5.32 Å². The molecule has 0 amide bonds. The minimum absolute atomic E-state index is 0.0817. The molecule has 3 aromatic rings. The number of hydrogen-bond acceptors (Lipinski definition) is 9. The lowest BCUT2D eigenvalue weighted by Gasteiger charge is -2.37. The standard InChI is InChI=1S/C29H43N5O5Si/c1-27(2,3)40(8,9)36-15-19-21-22(39-29(6,7)38-21)26(37-19)34-17-32-20-24(30-16-31-25(20)34)33-23(28(4,5)35)18-13-11-10-12-14-18/h10-14,16-17,19,21-23,26,35H,15H2,1-9H3,(H,30,31,33)/t19-,21-,22-,23-,26-/m1/s1. The van der Waals surface area contributed by atoms with Crippen LogP contribution in [0.25, 0.3) is 11.2 Å².